The third-order valence-electron chi connectivity index (χ3n) is 1.78. The van der Waals surface area contributed by atoms with Gasteiger partial charge in [-0.15, -0.1) is 0 Å². The molecule has 1 aromatic rings. The lowest BCUT2D eigenvalue weighted by molar-refractivity contribution is 0.352. The first-order valence-electron chi connectivity index (χ1n) is 4.13. The third-order valence-corrected chi connectivity index (χ3v) is 1.78. The molecule has 0 saturated heterocycles. The van der Waals surface area contributed by atoms with Crippen LogP contribution in [0.1, 0.15) is 11.7 Å². The molecule has 0 aliphatic rings. The largest absolute Gasteiger partial charge is 0.362 e. The van der Waals surface area contributed by atoms with Crippen molar-refractivity contribution in [2.24, 2.45) is 5.73 Å². The minimum absolute atomic E-state index is 0.00741. The molecule has 1 heterocycles. The van der Waals surface area contributed by atoms with Crippen LogP contribution >= 0.6 is 0 Å². The second kappa shape index (κ2) is 4.18. The number of nitrogens with zero attached hydrogens (tertiary/aromatic N) is 2. The normalized spacial score (nSPS) is 12.6. The summed E-state index contributed by atoms with van der Waals surface area (Å²) in [5.74, 6) is 0.639. The van der Waals surface area contributed by atoms with Gasteiger partial charge < -0.3 is 10.6 Å². The quantitative estimate of drug-likeness (QED) is 0.763. The first-order chi connectivity index (χ1) is 6.16. The standard InChI is InChI=1S/C9H14FN3/c1-13(2)9-7(8(10)6-11)4-3-5-12-9/h3-5,8H,6,11H2,1-2H3. The number of hydrogen-bond donors (Lipinski definition) is 1. The summed E-state index contributed by atoms with van der Waals surface area (Å²) < 4.78 is 13.3. The topological polar surface area (TPSA) is 42.2 Å². The van der Waals surface area contributed by atoms with Gasteiger partial charge in [-0.25, -0.2) is 9.37 Å². The van der Waals surface area contributed by atoms with Gasteiger partial charge in [-0.1, -0.05) is 6.07 Å². The maximum absolute atomic E-state index is 13.3. The van der Waals surface area contributed by atoms with Crippen LogP contribution < -0.4 is 10.6 Å². The van der Waals surface area contributed by atoms with Crippen molar-refractivity contribution in [1.82, 2.24) is 4.98 Å². The third kappa shape index (κ3) is 2.15. The predicted molar refractivity (Wildman–Crippen MR) is 51.5 cm³/mol. The van der Waals surface area contributed by atoms with Gasteiger partial charge in [-0.2, -0.15) is 0 Å². The second-order valence-corrected chi connectivity index (χ2v) is 3.01. The van der Waals surface area contributed by atoms with E-state index in [0.29, 0.717) is 11.4 Å². The number of anilines is 1. The van der Waals surface area contributed by atoms with Gasteiger partial charge in [0.05, 0.1) is 0 Å². The second-order valence-electron chi connectivity index (χ2n) is 3.01. The van der Waals surface area contributed by atoms with Crippen LogP contribution in [0, 0.1) is 0 Å². The molecule has 72 valence electrons. The predicted octanol–water partition coefficient (Wildman–Crippen LogP) is 1.12. The summed E-state index contributed by atoms with van der Waals surface area (Å²) in [6, 6.07) is 3.42. The first kappa shape index (κ1) is 9.92. The monoisotopic (exact) mass is 183 g/mol. The van der Waals surface area contributed by atoms with Crippen molar-refractivity contribution in [3.63, 3.8) is 0 Å². The van der Waals surface area contributed by atoms with Gasteiger partial charge in [-0.05, 0) is 6.07 Å². The summed E-state index contributed by atoms with van der Waals surface area (Å²) >= 11 is 0. The SMILES string of the molecule is CN(C)c1ncccc1C(F)CN. The zero-order chi connectivity index (χ0) is 9.84. The zero-order valence-corrected chi connectivity index (χ0v) is 7.87. The molecule has 0 aromatic carbocycles. The molecule has 0 bridgehead atoms. The molecule has 1 unspecified atom stereocenters. The van der Waals surface area contributed by atoms with E-state index in [0.717, 1.165) is 0 Å². The van der Waals surface area contributed by atoms with Gasteiger partial charge in [0.2, 0.25) is 0 Å². The number of aromatic nitrogens is 1. The lowest BCUT2D eigenvalue weighted by Gasteiger charge is -2.17. The number of rotatable bonds is 3. The van der Waals surface area contributed by atoms with Crippen LogP contribution in [0.4, 0.5) is 10.2 Å². The van der Waals surface area contributed by atoms with E-state index in [-0.39, 0.29) is 6.54 Å². The molecule has 3 nitrogen and oxygen atoms in total. The Morgan fingerprint density at radius 3 is 2.85 bits per heavy atom. The molecule has 0 fully saturated rings. The number of nitrogens with two attached hydrogens (primary N) is 1. The highest BCUT2D eigenvalue weighted by Gasteiger charge is 2.13. The summed E-state index contributed by atoms with van der Waals surface area (Å²) in [4.78, 5) is 5.85. The van der Waals surface area contributed by atoms with Crippen molar-refractivity contribution in [3.8, 4) is 0 Å². The van der Waals surface area contributed by atoms with Crippen LogP contribution in [0.5, 0.6) is 0 Å². The van der Waals surface area contributed by atoms with Gasteiger partial charge in [0.25, 0.3) is 0 Å². The van der Waals surface area contributed by atoms with Gasteiger partial charge >= 0.3 is 0 Å². The number of pyridine rings is 1. The molecule has 1 atom stereocenters. The van der Waals surface area contributed by atoms with Crippen molar-refractivity contribution in [2.75, 3.05) is 25.5 Å². The molecule has 0 spiro atoms. The van der Waals surface area contributed by atoms with Crippen molar-refractivity contribution in [1.29, 1.82) is 0 Å². The van der Waals surface area contributed by atoms with Crippen LogP contribution in [-0.2, 0) is 0 Å². The molecular formula is C9H14FN3. The van der Waals surface area contributed by atoms with Gasteiger partial charge in [0.1, 0.15) is 12.0 Å². The van der Waals surface area contributed by atoms with Gasteiger partial charge in [0, 0.05) is 32.4 Å². The Labute approximate surface area is 77.4 Å². The molecule has 1 aromatic heterocycles. The van der Waals surface area contributed by atoms with E-state index in [1.54, 1.807) is 23.2 Å². The van der Waals surface area contributed by atoms with E-state index in [9.17, 15) is 4.39 Å². The highest BCUT2D eigenvalue weighted by molar-refractivity contribution is 5.46. The van der Waals surface area contributed by atoms with Crippen LogP contribution in [-0.4, -0.2) is 25.6 Å². The molecule has 1 rings (SSSR count). The molecule has 13 heavy (non-hydrogen) atoms. The number of hydrogen-bond acceptors (Lipinski definition) is 3. The average molecular weight is 183 g/mol. The smallest absolute Gasteiger partial charge is 0.141 e. The molecule has 0 radical (unpaired) electrons. The molecule has 4 heteroatoms. The highest BCUT2D eigenvalue weighted by Crippen LogP contribution is 2.24. The maximum Gasteiger partial charge on any atom is 0.141 e. The van der Waals surface area contributed by atoms with E-state index < -0.39 is 6.17 Å². The minimum Gasteiger partial charge on any atom is -0.362 e. The van der Waals surface area contributed by atoms with E-state index in [2.05, 4.69) is 4.98 Å². The Morgan fingerprint density at radius 2 is 2.31 bits per heavy atom. The van der Waals surface area contributed by atoms with Crippen LogP contribution in [0.15, 0.2) is 18.3 Å². The maximum atomic E-state index is 13.3. The Hall–Kier alpha value is -1.16. The van der Waals surface area contributed by atoms with Crippen molar-refractivity contribution < 1.29 is 4.39 Å². The Morgan fingerprint density at radius 1 is 1.62 bits per heavy atom. The fourth-order valence-corrected chi connectivity index (χ4v) is 1.15. The van der Waals surface area contributed by atoms with Crippen LogP contribution in [0.25, 0.3) is 0 Å². The summed E-state index contributed by atoms with van der Waals surface area (Å²) in [7, 11) is 3.66. The van der Waals surface area contributed by atoms with Crippen molar-refractivity contribution >= 4 is 5.82 Å². The lowest BCUT2D eigenvalue weighted by Crippen LogP contribution is -2.16. The van der Waals surface area contributed by atoms with E-state index >= 15 is 0 Å². The fraction of sp³-hybridized carbons (Fsp3) is 0.444. The first-order valence-corrected chi connectivity index (χ1v) is 4.13. The molecule has 0 amide bonds. The zero-order valence-electron chi connectivity index (χ0n) is 7.87. The summed E-state index contributed by atoms with van der Waals surface area (Å²) in [6.45, 7) is -0.00741. The van der Waals surface area contributed by atoms with E-state index in [1.165, 1.54) is 0 Å². The van der Waals surface area contributed by atoms with Gasteiger partial charge in [0.15, 0.2) is 0 Å². The Bertz CT molecular complexity index is 275. The average Bonchev–Trinajstić information content (AvgIpc) is 2.16. The van der Waals surface area contributed by atoms with Crippen LogP contribution in [0.3, 0.4) is 0 Å². The minimum atomic E-state index is -1.13. The molecule has 0 aliphatic carbocycles. The Kier molecular flexibility index (Phi) is 3.19. The van der Waals surface area contributed by atoms with E-state index in [1.807, 2.05) is 14.1 Å². The summed E-state index contributed by atoms with van der Waals surface area (Å²) in [5.41, 5.74) is 5.80. The Balaban J connectivity index is 3.04. The van der Waals surface area contributed by atoms with Crippen molar-refractivity contribution in [3.05, 3.63) is 23.9 Å². The number of alkyl halides is 1. The van der Waals surface area contributed by atoms with E-state index in [4.69, 9.17) is 5.73 Å². The molecule has 0 saturated carbocycles. The van der Waals surface area contributed by atoms with Gasteiger partial charge in [-0.3, -0.25) is 0 Å². The highest BCUT2D eigenvalue weighted by atomic mass is 19.1. The lowest BCUT2D eigenvalue weighted by atomic mass is 10.1. The van der Waals surface area contributed by atoms with Crippen molar-refractivity contribution in [2.45, 2.75) is 6.17 Å². The fourth-order valence-electron chi connectivity index (χ4n) is 1.15. The summed E-state index contributed by atoms with van der Waals surface area (Å²) in [6.07, 6.45) is 0.508. The number of halogens is 1. The molecule has 2 N–H and O–H groups in total. The summed E-state index contributed by atoms with van der Waals surface area (Å²) in [5, 5.41) is 0. The van der Waals surface area contributed by atoms with Crippen LogP contribution in [0.2, 0.25) is 0 Å². The molecular weight excluding hydrogens is 169 g/mol. The molecule has 0 aliphatic heterocycles.